The van der Waals surface area contributed by atoms with Crippen LogP contribution in [0.3, 0.4) is 0 Å². The molecule has 1 amide bonds. The molecule has 0 saturated heterocycles. The Morgan fingerprint density at radius 2 is 2.10 bits per heavy atom. The fourth-order valence-corrected chi connectivity index (χ4v) is 1.89. The van der Waals surface area contributed by atoms with Crippen LogP contribution in [0, 0.1) is 18.8 Å². The molecule has 0 unspecified atom stereocenters. The fourth-order valence-electron chi connectivity index (χ4n) is 1.50. The van der Waals surface area contributed by atoms with E-state index in [9.17, 15) is 13.2 Å². The number of aryl methyl sites for hydroxylation is 1. The summed E-state index contributed by atoms with van der Waals surface area (Å²) in [5.74, 6) is 5.00. The second-order valence-electron chi connectivity index (χ2n) is 4.16. The zero-order chi connectivity index (χ0) is 15.2. The molecular weight excluding hydrogens is 278 g/mol. The molecule has 0 spiro atoms. The van der Waals surface area contributed by atoms with E-state index in [1.54, 1.807) is 18.2 Å². The van der Waals surface area contributed by atoms with Gasteiger partial charge >= 0.3 is 0 Å². The Kier molecular flexibility index (Phi) is 5.70. The standard InChI is InChI=1S/C13H17N3O3S/c1-10-9-12(5-4-11(10)3-2-6-14)13(17)16-7-8-20(15,18)19/h4-5,9H,6-8,14H2,1H3,(H,16,17)(H2,15,18,19). The molecule has 0 aliphatic rings. The maximum absolute atomic E-state index is 11.8. The molecule has 6 nitrogen and oxygen atoms in total. The Labute approximate surface area is 118 Å². The first-order valence-corrected chi connectivity index (χ1v) is 7.63. The van der Waals surface area contributed by atoms with Gasteiger partial charge in [0.25, 0.3) is 5.91 Å². The third-order valence-corrected chi connectivity index (χ3v) is 3.26. The zero-order valence-electron chi connectivity index (χ0n) is 11.1. The van der Waals surface area contributed by atoms with Gasteiger partial charge in [0.05, 0.1) is 12.3 Å². The highest BCUT2D eigenvalue weighted by Crippen LogP contribution is 2.10. The number of carbonyl (C=O) groups excluding carboxylic acids is 1. The van der Waals surface area contributed by atoms with Crippen molar-refractivity contribution >= 4 is 15.9 Å². The van der Waals surface area contributed by atoms with Crippen molar-refractivity contribution in [3.63, 3.8) is 0 Å². The normalized spacial score (nSPS) is 10.6. The van der Waals surface area contributed by atoms with Gasteiger partial charge in [0.1, 0.15) is 0 Å². The van der Waals surface area contributed by atoms with E-state index in [0.29, 0.717) is 5.56 Å². The summed E-state index contributed by atoms with van der Waals surface area (Å²) in [6.07, 6.45) is 0. The van der Waals surface area contributed by atoms with Gasteiger partial charge in [-0.2, -0.15) is 0 Å². The number of primary sulfonamides is 1. The first kappa shape index (κ1) is 16.2. The lowest BCUT2D eigenvalue weighted by Crippen LogP contribution is -2.31. The van der Waals surface area contributed by atoms with Gasteiger partial charge in [0.2, 0.25) is 10.0 Å². The van der Waals surface area contributed by atoms with Gasteiger partial charge in [0.15, 0.2) is 0 Å². The molecule has 0 bridgehead atoms. The molecule has 7 heteroatoms. The van der Waals surface area contributed by atoms with Crippen molar-refractivity contribution in [1.29, 1.82) is 0 Å². The van der Waals surface area contributed by atoms with Crippen molar-refractivity contribution in [2.75, 3.05) is 18.8 Å². The molecular formula is C13H17N3O3S. The van der Waals surface area contributed by atoms with E-state index in [1.807, 2.05) is 6.92 Å². The van der Waals surface area contributed by atoms with Crippen LogP contribution in [0.4, 0.5) is 0 Å². The van der Waals surface area contributed by atoms with E-state index in [2.05, 4.69) is 17.2 Å². The van der Waals surface area contributed by atoms with E-state index in [4.69, 9.17) is 10.9 Å². The van der Waals surface area contributed by atoms with E-state index in [0.717, 1.165) is 11.1 Å². The number of rotatable bonds is 4. The van der Waals surface area contributed by atoms with E-state index in [-0.39, 0.29) is 24.7 Å². The maximum Gasteiger partial charge on any atom is 0.251 e. The molecule has 0 heterocycles. The summed E-state index contributed by atoms with van der Waals surface area (Å²) in [6, 6.07) is 5.04. The molecule has 108 valence electrons. The summed E-state index contributed by atoms with van der Waals surface area (Å²) < 4.78 is 21.5. The van der Waals surface area contributed by atoms with Gasteiger partial charge in [0, 0.05) is 17.7 Å². The molecule has 0 saturated carbocycles. The highest BCUT2D eigenvalue weighted by Gasteiger charge is 2.08. The third kappa shape index (κ3) is 5.40. The Hall–Kier alpha value is -1.88. The molecule has 0 aliphatic heterocycles. The molecule has 0 atom stereocenters. The van der Waals surface area contributed by atoms with Crippen molar-refractivity contribution in [3.05, 3.63) is 34.9 Å². The van der Waals surface area contributed by atoms with Crippen LogP contribution in [0.1, 0.15) is 21.5 Å². The van der Waals surface area contributed by atoms with Gasteiger partial charge in [-0.3, -0.25) is 4.79 Å². The third-order valence-electron chi connectivity index (χ3n) is 2.49. The Balaban J connectivity index is 2.73. The van der Waals surface area contributed by atoms with Crippen LogP contribution in [0.15, 0.2) is 18.2 Å². The topological polar surface area (TPSA) is 115 Å². The summed E-state index contributed by atoms with van der Waals surface area (Å²) in [4.78, 5) is 11.8. The van der Waals surface area contributed by atoms with Gasteiger partial charge in [-0.1, -0.05) is 11.8 Å². The molecule has 0 aromatic heterocycles. The number of hydrogen-bond acceptors (Lipinski definition) is 4. The quantitative estimate of drug-likeness (QED) is 0.638. The predicted molar refractivity (Wildman–Crippen MR) is 77.4 cm³/mol. The molecule has 1 rings (SSSR count). The number of amides is 1. The van der Waals surface area contributed by atoms with Crippen LogP contribution in [-0.4, -0.2) is 33.2 Å². The lowest BCUT2D eigenvalue weighted by Gasteiger charge is -2.06. The van der Waals surface area contributed by atoms with Gasteiger partial charge < -0.3 is 11.1 Å². The minimum absolute atomic E-state index is 0.0224. The lowest BCUT2D eigenvalue weighted by molar-refractivity contribution is 0.0956. The molecule has 0 aliphatic carbocycles. The number of benzene rings is 1. The zero-order valence-corrected chi connectivity index (χ0v) is 12.0. The molecule has 0 fully saturated rings. The van der Waals surface area contributed by atoms with E-state index < -0.39 is 10.0 Å². The molecule has 0 radical (unpaired) electrons. The number of sulfonamides is 1. The van der Waals surface area contributed by atoms with Gasteiger partial charge in [-0.05, 0) is 30.7 Å². The monoisotopic (exact) mass is 295 g/mol. The minimum atomic E-state index is -3.57. The summed E-state index contributed by atoms with van der Waals surface area (Å²) in [5.41, 5.74) is 7.39. The number of nitrogens with one attached hydrogen (secondary N) is 1. The average Bonchev–Trinajstić information content (AvgIpc) is 2.35. The van der Waals surface area contributed by atoms with Crippen LogP contribution in [0.5, 0.6) is 0 Å². The van der Waals surface area contributed by atoms with Crippen LogP contribution in [0.2, 0.25) is 0 Å². The second-order valence-corrected chi connectivity index (χ2v) is 5.89. The lowest BCUT2D eigenvalue weighted by atomic mass is 10.0. The van der Waals surface area contributed by atoms with Gasteiger partial charge in [-0.15, -0.1) is 0 Å². The maximum atomic E-state index is 11.8. The van der Waals surface area contributed by atoms with Crippen LogP contribution in [-0.2, 0) is 10.0 Å². The van der Waals surface area contributed by atoms with Crippen LogP contribution < -0.4 is 16.2 Å². The van der Waals surface area contributed by atoms with Crippen molar-refractivity contribution < 1.29 is 13.2 Å². The number of nitrogens with two attached hydrogens (primary N) is 2. The Morgan fingerprint density at radius 3 is 2.65 bits per heavy atom. The summed E-state index contributed by atoms with van der Waals surface area (Å²) in [5, 5.41) is 7.34. The summed E-state index contributed by atoms with van der Waals surface area (Å²) in [7, 11) is -3.57. The van der Waals surface area contributed by atoms with Crippen molar-refractivity contribution in [1.82, 2.24) is 5.32 Å². The molecule has 5 N–H and O–H groups in total. The summed E-state index contributed by atoms with van der Waals surface area (Å²) >= 11 is 0. The van der Waals surface area contributed by atoms with Crippen LogP contribution in [0.25, 0.3) is 0 Å². The van der Waals surface area contributed by atoms with Crippen molar-refractivity contribution in [2.24, 2.45) is 10.9 Å². The smallest absolute Gasteiger partial charge is 0.251 e. The van der Waals surface area contributed by atoms with Crippen molar-refractivity contribution in [2.45, 2.75) is 6.92 Å². The first-order valence-electron chi connectivity index (χ1n) is 5.92. The van der Waals surface area contributed by atoms with E-state index >= 15 is 0 Å². The number of carbonyl (C=O) groups is 1. The SMILES string of the molecule is Cc1cc(C(=O)NCCS(N)(=O)=O)ccc1C#CCN. The Morgan fingerprint density at radius 1 is 1.40 bits per heavy atom. The summed E-state index contributed by atoms with van der Waals surface area (Å²) in [6.45, 7) is 2.09. The number of hydrogen-bond donors (Lipinski definition) is 3. The van der Waals surface area contributed by atoms with Crippen molar-refractivity contribution in [3.8, 4) is 11.8 Å². The molecule has 1 aromatic rings. The largest absolute Gasteiger partial charge is 0.351 e. The highest BCUT2D eigenvalue weighted by molar-refractivity contribution is 7.89. The van der Waals surface area contributed by atoms with Gasteiger partial charge in [-0.25, -0.2) is 13.6 Å². The average molecular weight is 295 g/mol. The fraction of sp³-hybridized carbons (Fsp3) is 0.308. The highest BCUT2D eigenvalue weighted by atomic mass is 32.2. The second kappa shape index (κ2) is 7.05. The predicted octanol–water partition coefficient (Wildman–Crippen LogP) is -0.676. The molecule has 20 heavy (non-hydrogen) atoms. The van der Waals surface area contributed by atoms with E-state index in [1.165, 1.54) is 0 Å². The Bertz CT molecular complexity index is 657. The first-order chi connectivity index (χ1) is 9.33. The minimum Gasteiger partial charge on any atom is -0.351 e. The molecule has 1 aromatic carbocycles. The van der Waals surface area contributed by atoms with Crippen LogP contribution >= 0.6 is 0 Å².